The van der Waals surface area contributed by atoms with Gasteiger partial charge in [-0.3, -0.25) is 4.79 Å². The largest absolute Gasteiger partial charge is 0.330 e. The van der Waals surface area contributed by atoms with Gasteiger partial charge in [-0.1, -0.05) is 18.2 Å². The fraction of sp³-hybridized carbons (Fsp3) is 0.235. The van der Waals surface area contributed by atoms with Gasteiger partial charge in [0, 0.05) is 11.3 Å². The van der Waals surface area contributed by atoms with Crippen molar-refractivity contribution in [3.8, 4) is 0 Å². The van der Waals surface area contributed by atoms with Crippen molar-refractivity contribution in [2.75, 3.05) is 11.9 Å². The summed E-state index contributed by atoms with van der Waals surface area (Å²) >= 11 is 0. The van der Waals surface area contributed by atoms with E-state index in [4.69, 9.17) is 5.73 Å². The van der Waals surface area contributed by atoms with Crippen LogP contribution in [0, 0.1) is 13.8 Å². The zero-order valence-corrected chi connectivity index (χ0v) is 11.9. The van der Waals surface area contributed by atoms with Crippen LogP contribution < -0.4 is 11.1 Å². The van der Waals surface area contributed by atoms with Crippen molar-refractivity contribution < 1.29 is 4.79 Å². The molecule has 2 aromatic carbocycles. The zero-order chi connectivity index (χ0) is 14.5. The molecule has 104 valence electrons. The third kappa shape index (κ3) is 3.68. The Bertz CT molecular complexity index is 600. The molecule has 3 N–H and O–H groups in total. The molecule has 20 heavy (non-hydrogen) atoms. The number of carbonyl (C=O) groups excluding carboxylic acids is 1. The smallest absolute Gasteiger partial charge is 0.255 e. The molecule has 0 aliphatic heterocycles. The van der Waals surface area contributed by atoms with Crippen molar-refractivity contribution in [2.45, 2.75) is 20.3 Å². The van der Waals surface area contributed by atoms with E-state index < -0.39 is 0 Å². The minimum Gasteiger partial charge on any atom is -0.330 e. The number of benzene rings is 2. The normalized spacial score (nSPS) is 10.3. The van der Waals surface area contributed by atoms with Crippen LogP contribution in [-0.4, -0.2) is 12.5 Å². The second kappa shape index (κ2) is 6.35. The third-order valence-electron chi connectivity index (χ3n) is 3.10. The number of hydrogen-bond acceptors (Lipinski definition) is 2. The maximum Gasteiger partial charge on any atom is 0.255 e. The van der Waals surface area contributed by atoms with E-state index in [1.807, 2.05) is 50.2 Å². The first kappa shape index (κ1) is 14.3. The number of rotatable bonds is 4. The van der Waals surface area contributed by atoms with Crippen molar-refractivity contribution in [1.29, 1.82) is 0 Å². The zero-order valence-electron chi connectivity index (χ0n) is 11.9. The van der Waals surface area contributed by atoms with Crippen LogP contribution in [0.1, 0.15) is 27.0 Å². The van der Waals surface area contributed by atoms with E-state index in [0.717, 1.165) is 28.8 Å². The molecule has 0 aromatic heterocycles. The first-order chi connectivity index (χ1) is 9.58. The lowest BCUT2D eigenvalue weighted by Crippen LogP contribution is -2.13. The van der Waals surface area contributed by atoms with Gasteiger partial charge in [-0.15, -0.1) is 0 Å². The number of carbonyl (C=O) groups is 1. The van der Waals surface area contributed by atoms with E-state index in [0.29, 0.717) is 12.1 Å². The molecule has 0 bridgehead atoms. The number of anilines is 1. The lowest BCUT2D eigenvalue weighted by Gasteiger charge is -2.08. The molecule has 3 nitrogen and oxygen atoms in total. The highest BCUT2D eigenvalue weighted by atomic mass is 16.1. The molecule has 2 aromatic rings. The Hall–Kier alpha value is -2.13. The predicted octanol–water partition coefficient (Wildman–Crippen LogP) is 3.06. The van der Waals surface area contributed by atoms with Crippen LogP contribution in [0.4, 0.5) is 5.69 Å². The predicted molar refractivity (Wildman–Crippen MR) is 83.1 cm³/mol. The summed E-state index contributed by atoms with van der Waals surface area (Å²) in [5, 5.41) is 2.94. The van der Waals surface area contributed by atoms with E-state index in [1.54, 1.807) is 0 Å². The van der Waals surface area contributed by atoms with Gasteiger partial charge < -0.3 is 11.1 Å². The van der Waals surface area contributed by atoms with Crippen LogP contribution in [0.25, 0.3) is 0 Å². The Labute approximate surface area is 119 Å². The quantitative estimate of drug-likeness (QED) is 0.895. The molecule has 1 amide bonds. The van der Waals surface area contributed by atoms with Gasteiger partial charge in [-0.05, 0) is 67.8 Å². The average Bonchev–Trinajstić information content (AvgIpc) is 2.38. The van der Waals surface area contributed by atoms with Gasteiger partial charge in [0.05, 0.1) is 0 Å². The monoisotopic (exact) mass is 268 g/mol. The van der Waals surface area contributed by atoms with Crippen molar-refractivity contribution in [3.05, 3.63) is 64.7 Å². The molecule has 0 fully saturated rings. The molecule has 0 aliphatic carbocycles. The van der Waals surface area contributed by atoms with Crippen molar-refractivity contribution in [2.24, 2.45) is 5.73 Å². The summed E-state index contributed by atoms with van der Waals surface area (Å²) in [6.45, 7) is 4.62. The van der Waals surface area contributed by atoms with Crippen LogP contribution in [0.3, 0.4) is 0 Å². The fourth-order valence-corrected chi connectivity index (χ4v) is 2.28. The summed E-state index contributed by atoms with van der Waals surface area (Å²) < 4.78 is 0. The average molecular weight is 268 g/mol. The van der Waals surface area contributed by atoms with E-state index >= 15 is 0 Å². The molecule has 0 aliphatic rings. The molecule has 0 radical (unpaired) electrons. The first-order valence-electron chi connectivity index (χ1n) is 6.77. The molecule has 0 atom stereocenters. The van der Waals surface area contributed by atoms with Crippen molar-refractivity contribution in [3.63, 3.8) is 0 Å². The second-order valence-corrected chi connectivity index (χ2v) is 5.07. The Morgan fingerprint density at radius 1 is 1.10 bits per heavy atom. The first-order valence-corrected chi connectivity index (χ1v) is 6.77. The van der Waals surface area contributed by atoms with Gasteiger partial charge in [0.2, 0.25) is 0 Å². The summed E-state index contributed by atoms with van der Waals surface area (Å²) in [7, 11) is 0. The van der Waals surface area contributed by atoms with Crippen LogP contribution in [-0.2, 0) is 6.42 Å². The van der Waals surface area contributed by atoms with Gasteiger partial charge in [-0.25, -0.2) is 0 Å². The highest BCUT2D eigenvalue weighted by Crippen LogP contribution is 2.15. The highest BCUT2D eigenvalue weighted by molar-refractivity contribution is 6.04. The van der Waals surface area contributed by atoms with Crippen LogP contribution in [0.2, 0.25) is 0 Å². The number of hydrogen-bond donors (Lipinski definition) is 2. The topological polar surface area (TPSA) is 55.1 Å². The molecular formula is C17H20N2O. The molecule has 0 saturated carbocycles. The Balaban J connectivity index is 2.17. The Morgan fingerprint density at radius 2 is 1.80 bits per heavy atom. The van der Waals surface area contributed by atoms with Crippen molar-refractivity contribution in [1.82, 2.24) is 0 Å². The summed E-state index contributed by atoms with van der Waals surface area (Å²) in [5.74, 6) is -0.0890. The molecule has 0 heterocycles. The van der Waals surface area contributed by atoms with Gasteiger partial charge in [-0.2, -0.15) is 0 Å². The van der Waals surface area contributed by atoms with E-state index in [2.05, 4.69) is 11.4 Å². The van der Waals surface area contributed by atoms with Gasteiger partial charge >= 0.3 is 0 Å². The minimum absolute atomic E-state index is 0.0890. The van der Waals surface area contributed by atoms with E-state index in [-0.39, 0.29) is 5.91 Å². The molecule has 0 unspecified atom stereocenters. The molecular weight excluding hydrogens is 248 g/mol. The van der Waals surface area contributed by atoms with Crippen LogP contribution in [0.15, 0.2) is 42.5 Å². The number of nitrogens with one attached hydrogen (secondary N) is 1. The van der Waals surface area contributed by atoms with Crippen LogP contribution >= 0.6 is 0 Å². The number of nitrogens with two attached hydrogens (primary N) is 1. The molecule has 2 rings (SSSR count). The lowest BCUT2D eigenvalue weighted by molar-refractivity contribution is 0.102. The van der Waals surface area contributed by atoms with Gasteiger partial charge in [0.15, 0.2) is 0 Å². The van der Waals surface area contributed by atoms with Crippen molar-refractivity contribution >= 4 is 11.6 Å². The molecule has 0 saturated heterocycles. The summed E-state index contributed by atoms with van der Waals surface area (Å²) in [6.07, 6.45) is 0.782. The maximum absolute atomic E-state index is 12.3. The Morgan fingerprint density at radius 3 is 2.45 bits per heavy atom. The Kier molecular flexibility index (Phi) is 4.53. The van der Waals surface area contributed by atoms with Gasteiger partial charge in [0.1, 0.15) is 0 Å². The highest BCUT2D eigenvalue weighted by Gasteiger charge is 2.07. The van der Waals surface area contributed by atoms with Gasteiger partial charge in [0.25, 0.3) is 5.91 Å². The van der Waals surface area contributed by atoms with E-state index in [1.165, 1.54) is 0 Å². The van der Waals surface area contributed by atoms with Crippen LogP contribution in [0.5, 0.6) is 0 Å². The van der Waals surface area contributed by atoms with E-state index in [9.17, 15) is 4.79 Å². The lowest BCUT2D eigenvalue weighted by atomic mass is 10.1. The maximum atomic E-state index is 12.3. The standard InChI is InChI=1S/C17H20N2O/c1-12-8-13(2)10-16(9-12)19-17(20)15-5-3-4-14(11-15)6-7-18/h3-5,8-11H,6-7,18H2,1-2H3,(H,19,20). The second-order valence-electron chi connectivity index (χ2n) is 5.07. The SMILES string of the molecule is Cc1cc(C)cc(NC(=O)c2cccc(CCN)c2)c1. The molecule has 3 heteroatoms. The summed E-state index contributed by atoms with van der Waals surface area (Å²) in [6, 6.07) is 13.6. The number of aryl methyl sites for hydroxylation is 2. The number of amides is 1. The molecule has 0 spiro atoms. The fourth-order valence-electron chi connectivity index (χ4n) is 2.28. The summed E-state index contributed by atoms with van der Waals surface area (Å²) in [4.78, 5) is 12.3. The summed E-state index contributed by atoms with van der Waals surface area (Å²) in [5.41, 5.74) is 10.4. The minimum atomic E-state index is -0.0890. The third-order valence-corrected chi connectivity index (χ3v) is 3.10.